The van der Waals surface area contributed by atoms with Crippen LogP contribution in [0.25, 0.3) is 0 Å². The lowest BCUT2D eigenvalue weighted by Crippen LogP contribution is -2.57. The van der Waals surface area contributed by atoms with Gasteiger partial charge in [-0.25, -0.2) is 4.79 Å². The second-order valence-corrected chi connectivity index (χ2v) is 7.80. The third-order valence-corrected chi connectivity index (χ3v) is 4.45. The summed E-state index contributed by atoms with van der Waals surface area (Å²) in [4.78, 5) is 16.4. The molecule has 0 bridgehead atoms. The van der Waals surface area contributed by atoms with Crippen LogP contribution in [0.15, 0.2) is 4.99 Å². The van der Waals surface area contributed by atoms with Crippen molar-refractivity contribution in [1.82, 2.24) is 16.0 Å². The van der Waals surface area contributed by atoms with Gasteiger partial charge in [0.05, 0.1) is 5.54 Å². The highest BCUT2D eigenvalue weighted by Crippen LogP contribution is 2.16. The SMILES string of the molecule is CCC(CC)(CNC(=NC)NCCCSC)NC(=O)OC(C)(C)C.I. The highest BCUT2D eigenvalue weighted by molar-refractivity contribution is 14.0. The summed E-state index contributed by atoms with van der Waals surface area (Å²) in [5.74, 6) is 1.88. The molecule has 0 heterocycles. The van der Waals surface area contributed by atoms with Crippen LogP contribution in [0.3, 0.4) is 0 Å². The zero-order valence-corrected chi connectivity index (χ0v) is 20.0. The van der Waals surface area contributed by atoms with Gasteiger partial charge in [0.15, 0.2) is 5.96 Å². The number of carbonyl (C=O) groups excluding carboxylic acids is 1. The number of thioether (sulfide) groups is 1. The molecule has 0 aromatic carbocycles. The standard InChI is InChI=1S/C17H36N4O2S.HI/c1-8-17(9-2,21-15(22)23-16(3,4)5)13-20-14(18-6)19-11-10-12-24-7;/h8-13H2,1-7H3,(H,21,22)(H2,18,19,20);1H. The Morgan fingerprint density at radius 1 is 1.16 bits per heavy atom. The maximum absolute atomic E-state index is 12.1. The molecule has 0 aliphatic carbocycles. The second-order valence-electron chi connectivity index (χ2n) is 6.81. The summed E-state index contributed by atoms with van der Waals surface area (Å²) < 4.78 is 5.40. The van der Waals surface area contributed by atoms with E-state index in [2.05, 4.69) is 41.0 Å². The topological polar surface area (TPSA) is 74.8 Å². The number of nitrogens with one attached hydrogen (secondary N) is 3. The predicted octanol–water partition coefficient (Wildman–Crippen LogP) is 3.61. The molecule has 3 N–H and O–H groups in total. The summed E-state index contributed by atoms with van der Waals surface area (Å²) >= 11 is 1.84. The summed E-state index contributed by atoms with van der Waals surface area (Å²) in [7, 11) is 1.75. The fraction of sp³-hybridized carbons (Fsp3) is 0.882. The molecule has 0 fully saturated rings. The number of halogens is 1. The van der Waals surface area contributed by atoms with E-state index in [1.54, 1.807) is 7.05 Å². The molecular formula is C17H37IN4O2S. The molecule has 0 radical (unpaired) electrons. The molecule has 0 aliphatic rings. The number of carbonyl (C=O) groups is 1. The summed E-state index contributed by atoms with van der Waals surface area (Å²) in [6.07, 6.45) is 4.42. The summed E-state index contributed by atoms with van der Waals surface area (Å²) in [6, 6.07) is 0. The highest BCUT2D eigenvalue weighted by atomic mass is 127. The fourth-order valence-corrected chi connectivity index (χ4v) is 2.57. The van der Waals surface area contributed by atoms with E-state index in [0.717, 1.165) is 37.5 Å². The lowest BCUT2D eigenvalue weighted by atomic mass is 9.93. The van der Waals surface area contributed by atoms with E-state index < -0.39 is 5.60 Å². The van der Waals surface area contributed by atoms with Crippen molar-refractivity contribution in [2.75, 3.05) is 32.1 Å². The van der Waals surface area contributed by atoms with Gasteiger partial charge < -0.3 is 20.7 Å². The van der Waals surface area contributed by atoms with Crippen LogP contribution in [-0.4, -0.2) is 55.3 Å². The van der Waals surface area contributed by atoms with Gasteiger partial charge in [-0.2, -0.15) is 11.8 Å². The van der Waals surface area contributed by atoms with Crippen LogP contribution >= 0.6 is 35.7 Å². The van der Waals surface area contributed by atoms with E-state index in [0.29, 0.717) is 6.54 Å². The van der Waals surface area contributed by atoms with Crippen LogP contribution in [0.2, 0.25) is 0 Å². The second kappa shape index (κ2) is 13.8. The Morgan fingerprint density at radius 3 is 2.20 bits per heavy atom. The third kappa shape index (κ3) is 12.6. The van der Waals surface area contributed by atoms with Gasteiger partial charge in [-0.3, -0.25) is 4.99 Å². The average molecular weight is 488 g/mol. The first kappa shape index (κ1) is 26.8. The minimum Gasteiger partial charge on any atom is -0.444 e. The number of rotatable bonds is 9. The molecule has 8 heteroatoms. The van der Waals surface area contributed by atoms with Crippen molar-refractivity contribution >= 4 is 47.8 Å². The highest BCUT2D eigenvalue weighted by Gasteiger charge is 2.30. The molecule has 0 aliphatic heterocycles. The van der Waals surface area contributed by atoms with E-state index in [-0.39, 0.29) is 35.6 Å². The Morgan fingerprint density at radius 2 is 1.76 bits per heavy atom. The van der Waals surface area contributed by atoms with E-state index >= 15 is 0 Å². The molecular weight excluding hydrogens is 451 g/mol. The van der Waals surface area contributed by atoms with Crippen LogP contribution in [-0.2, 0) is 4.74 Å². The Kier molecular flexibility index (Phi) is 14.8. The fourth-order valence-electron chi connectivity index (χ4n) is 2.14. The van der Waals surface area contributed by atoms with Crippen LogP contribution in [0, 0.1) is 0 Å². The van der Waals surface area contributed by atoms with Crippen molar-refractivity contribution in [3.8, 4) is 0 Å². The van der Waals surface area contributed by atoms with Crippen molar-refractivity contribution in [1.29, 1.82) is 0 Å². The molecule has 25 heavy (non-hydrogen) atoms. The van der Waals surface area contributed by atoms with Crippen molar-refractivity contribution in [2.24, 2.45) is 4.99 Å². The van der Waals surface area contributed by atoms with Crippen LogP contribution in [0.5, 0.6) is 0 Å². The quantitative estimate of drug-likeness (QED) is 0.200. The van der Waals surface area contributed by atoms with Gasteiger partial charge in [-0.15, -0.1) is 24.0 Å². The number of nitrogens with zero attached hydrogens (tertiary/aromatic N) is 1. The van der Waals surface area contributed by atoms with Gasteiger partial charge in [0, 0.05) is 20.1 Å². The molecule has 0 saturated heterocycles. The summed E-state index contributed by atoms with van der Waals surface area (Å²) in [6.45, 7) is 11.2. The lowest BCUT2D eigenvalue weighted by molar-refractivity contribution is 0.0448. The smallest absolute Gasteiger partial charge is 0.408 e. The van der Waals surface area contributed by atoms with Crippen molar-refractivity contribution in [3.05, 3.63) is 0 Å². The molecule has 0 aromatic rings. The Balaban J connectivity index is 0. The average Bonchev–Trinajstić information content (AvgIpc) is 2.51. The number of hydrogen-bond acceptors (Lipinski definition) is 4. The lowest BCUT2D eigenvalue weighted by Gasteiger charge is -2.34. The normalized spacial score (nSPS) is 12.2. The number of aliphatic imine (C=N–C) groups is 1. The number of alkyl carbamates (subject to hydrolysis) is 1. The summed E-state index contributed by atoms with van der Waals surface area (Å²) in [5, 5.41) is 9.65. The zero-order chi connectivity index (χ0) is 18.6. The van der Waals surface area contributed by atoms with Gasteiger partial charge in [0.25, 0.3) is 0 Å². The molecule has 1 amide bonds. The van der Waals surface area contributed by atoms with Crippen molar-refractivity contribution in [3.63, 3.8) is 0 Å². The van der Waals surface area contributed by atoms with E-state index in [4.69, 9.17) is 4.74 Å². The maximum atomic E-state index is 12.1. The first-order valence-electron chi connectivity index (χ1n) is 8.66. The van der Waals surface area contributed by atoms with Crippen molar-refractivity contribution in [2.45, 2.75) is 65.0 Å². The largest absolute Gasteiger partial charge is 0.444 e. The molecule has 0 saturated carbocycles. The van der Waals surface area contributed by atoms with Gasteiger partial charge in [0.1, 0.15) is 5.60 Å². The predicted molar refractivity (Wildman–Crippen MR) is 120 cm³/mol. The molecule has 0 atom stereocenters. The van der Waals surface area contributed by atoms with Gasteiger partial charge in [-0.1, -0.05) is 13.8 Å². The van der Waals surface area contributed by atoms with Crippen LogP contribution in [0.1, 0.15) is 53.9 Å². The first-order valence-corrected chi connectivity index (χ1v) is 10.1. The molecule has 0 aromatic heterocycles. The molecule has 0 unspecified atom stereocenters. The third-order valence-electron chi connectivity index (χ3n) is 3.76. The monoisotopic (exact) mass is 488 g/mol. The minimum atomic E-state index is -0.500. The van der Waals surface area contributed by atoms with Crippen LogP contribution < -0.4 is 16.0 Å². The van der Waals surface area contributed by atoms with Gasteiger partial charge in [-0.05, 0) is 52.0 Å². The van der Waals surface area contributed by atoms with Gasteiger partial charge in [0.2, 0.25) is 0 Å². The molecule has 150 valence electrons. The number of ether oxygens (including phenoxy) is 1. The Hall–Kier alpha value is -0.380. The Labute approximate surface area is 175 Å². The molecule has 0 spiro atoms. The van der Waals surface area contributed by atoms with Crippen LogP contribution in [0.4, 0.5) is 4.79 Å². The van der Waals surface area contributed by atoms with Crippen molar-refractivity contribution < 1.29 is 9.53 Å². The van der Waals surface area contributed by atoms with E-state index in [9.17, 15) is 4.79 Å². The first-order chi connectivity index (χ1) is 11.2. The molecule has 6 nitrogen and oxygen atoms in total. The zero-order valence-electron chi connectivity index (χ0n) is 16.8. The Bertz CT molecular complexity index is 397. The summed E-state index contributed by atoms with van der Waals surface area (Å²) in [5.41, 5.74) is -0.862. The number of guanidine groups is 1. The minimum absolute atomic E-state index is 0. The van der Waals surface area contributed by atoms with Gasteiger partial charge >= 0.3 is 6.09 Å². The van der Waals surface area contributed by atoms with E-state index in [1.807, 2.05) is 32.5 Å². The maximum Gasteiger partial charge on any atom is 0.408 e. The molecule has 0 rings (SSSR count). The number of amides is 1. The number of hydrogen-bond donors (Lipinski definition) is 3. The van der Waals surface area contributed by atoms with E-state index in [1.165, 1.54) is 0 Å².